The monoisotopic (exact) mass is 464 g/mol. The van der Waals surface area contributed by atoms with Gasteiger partial charge in [0.25, 0.3) is 15.7 Å². The minimum Gasteiger partial charge on any atom is -0.277 e. The van der Waals surface area contributed by atoms with Gasteiger partial charge in [-0.1, -0.05) is 0 Å². The van der Waals surface area contributed by atoms with Gasteiger partial charge in [-0.15, -0.1) is 16.2 Å². The van der Waals surface area contributed by atoms with Gasteiger partial charge in [0.05, 0.1) is 21.9 Å². The number of sulfonamides is 1. The van der Waals surface area contributed by atoms with Gasteiger partial charge in [0.1, 0.15) is 10.8 Å². The zero-order valence-corrected chi connectivity index (χ0v) is 18.0. The van der Waals surface area contributed by atoms with Crippen LogP contribution in [0.15, 0.2) is 46.7 Å². The lowest BCUT2D eigenvalue weighted by Crippen LogP contribution is -2.42. The molecule has 2 aromatic carbocycles. The Bertz CT molecular complexity index is 1260. The molecule has 1 heterocycles. The summed E-state index contributed by atoms with van der Waals surface area (Å²) in [5.41, 5.74) is 3.57. The van der Waals surface area contributed by atoms with Crippen molar-refractivity contribution in [3.05, 3.63) is 74.5 Å². The van der Waals surface area contributed by atoms with E-state index in [1.165, 1.54) is 36.5 Å². The van der Waals surface area contributed by atoms with Crippen LogP contribution in [0.3, 0.4) is 0 Å². The van der Waals surface area contributed by atoms with Gasteiger partial charge in [-0.25, -0.2) is 17.8 Å². The Balaban J connectivity index is 1.68. The topological polar surface area (TPSA) is 131 Å². The van der Waals surface area contributed by atoms with Crippen LogP contribution in [0.25, 0.3) is 10.6 Å². The van der Waals surface area contributed by atoms with Crippen LogP contribution in [-0.4, -0.2) is 24.2 Å². The zero-order chi connectivity index (χ0) is 22.8. The van der Waals surface area contributed by atoms with Gasteiger partial charge < -0.3 is 0 Å². The second kappa shape index (κ2) is 8.88. The molecule has 12 heteroatoms. The highest BCUT2D eigenvalue weighted by Crippen LogP contribution is 2.25. The molecular weight excluding hydrogens is 447 g/mol. The summed E-state index contributed by atoms with van der Waals surface area (Å²) in [6.45, 7) is 3.07. The number of carbonyl (C=O) groups excluding carboxylic acids is 1. The molecule has 0 atom stereocenters. The first-order valence-corrected chi connectivity index (χ1v) is 11.2. The number of hydrazine groups is 1. The number of benzene rings is 2. The number of hydrogen-bond acceptors (Lipinski definition) is 7. The maximum atomic E-state index is 13.0. The number of aryl methyl sites for hydroxylation is 1. The van der Waals surface area contributed by atoms with Crippen LogP contribution in [0.5, 0.6) is 0 Å². The van der Waals surface area contributed by atoms with Crippen LogP contribution >= 0.6 is 11.3 Å². The standard InChI is InChI=1S/C19H17FN4O5S2/c1-11-7-16(24(26)27)9-17(12(11)2)31(28,29)23-22-18(25)8-15-10-30-19(21-15)13-3-5-14(20)6-4-13/h3-7,9-10,23H,8H2,1-2H3,(H,22,25). The predicted molar refractivity (Wildman–Crippen MR) is 112 cm³/mol. The van der Waals surface area contributed by atoms with Gasteiger partial charge in [-0.05, 0) is 49.2 Å². The van der Waals surface area contributed by atoms with E-state index in [0.717, 1.165) is 6.07 Å². The third-order valence-corrected chi connectivity index (χ3v) is 6.73. The molecule has 0 aliphatic carbocycles. The highest BCUT2D eigenvalue weighted by atomic mass is 32.2. The van der Waals surface area contributed by atoms with Crippen molar-refractivity contribution in [2.75, 3.05) is 0 Å². The fraction of sp³-hybridized carbons (Fsp3) is 0.158. The summed E-state index contributed by atoms with van der Waals surface area (Å²) < 4.78 is 38.2. The number of halogens is 1. The van der Waals surface area contributed by atoms with Gasteiger partial charge in [-0.2, -0.15) is 0 Å². The molecule has 0 fully saturated rings. The summed E-state index contributed by atoms with van der Waals surface area (Å²) in [4.78, 5) is 28.5. The number of nitrogens with zero attached hydrogens (tertiary/aromatic N) is 2. The molecule has 0 aliphatic heterocycles. The van der Waals surface area contributed by atoms with Gasteiger partial charge >= 0.3 is 0 Å². The molecule has 3 aromatic rings. The van der Waals surface area contributed by atoms with E-state index in [1.54, 1.807) is 24.4 Å². The molecule has 0 unspecified atom stereocenters. The van der Waals surface area contributed by atoms with Crippen molar-refractivity contribution in [3.63, 3.8) is 0 Å². The number of rotatable bonds is 7. The summed E-state index contributed by atoms with van der Waals surface area (Å²) in [7, 11) is -4.24. The highest BCUT2D eigenvalue weighted by molar-refractivity contribution is 7.89. The number of amides is 1. The molecule has 0 bridgehead atoms. The Kier molecular flexibility index (Phi) is 6.43. The number of aromatic nitrogens is 1. The largest absolute Gasteiger partial charge is 0.277 e. The van der Waals surface area contributed by atoms with Gasteiger partial charge in [0.15, 0.2) is 0 Å². The SMILES string of the molecule is Cc1cc([N+](=O)[O-])cc(S(=O)(=O)NNC(=O)Cc2csc(-c3ccc(F)cc3)n2)c1C. The molecule has 3 rings (SSSR count). The maximum absolute atomic E-state index is 13.0. The fourth-order valence-corrected chi connectivity index (χ4v) is 4.72. The van der Waals surface area contributed by atoms with Gasteiger partial charge in [0.2, 0.25) is 5.91 Å². The Morgan fingerprint density at radius 2 is 1.90 bits per heavy atom. The molecule has 0 aliphatic rings. The highest BCUT2D eigenvalue weighted by Gasteiger charge is 2.23. The van der Waals surface area contributed by atoms with E-state index in [-0.39, 0.29) is 22.8 Å². The van der Waals surface area contributed by atoms with Gasteiger partial charge in [0, 0.05) is 23.1 Å². The lowest BCUT2D eigenvalue weighted by molar-refractivity contribution is -0.385. The third-order valence-electron chi connectivity index (χ3n) is 4.41. The molecule has 0 spiro atoms. The lowest BCUT2D eigenvalue weighted by atomic mass is 10.1. The van der Waals surface area contributed by atoms with E-state index in [2.05, 4.69) is 10.4 Å². The van der Waals surface area contributed by atoms with Crippen LogP contribution in [0, 0.1) is 29.8 Å². The van der Waals surface area contributed by atoms with Crippen molar-refractivity contribution in [3.8, 4) is 10.6 Å². The van der Waals surface area contributed by atoms with E-state index >= 15 is 0 Å². The van der Waals surface area contributed by atoms with Crippen LogP contribution in [-0.2, 0) is 21.2 Å². The third kappa shape index (κ3) is 5.29. The Morgan fingerprint density at radius 1 is 1.23 bits per heavy atom. The molecule has 31 heavy (non-hydrogen) atoms. The Hall–Kier alpha value is -3.22. The number of thiazole rings is 1. The molecule has 1 aromatic heterocycles. The summed E-state index contributed by atoms with van der Waals surface area (Å²) in [5, 5.41) is 13.3. The lowest BCUT2D eigenvalue weighted by Gasteiger charge is -2.11. The number of carbonyl (C=O) groups is 1. The molecule has 162 valence electrons. The molecule has 0 saturated heterocycles. The molecule has 0 radical (unpaired) electrons. The van der Waals surface area contributed by atoms with E-state index in [1.807, 2.05) is 4.83 Å². The predicted octanol–water partition coefficient (Wildman–Crippen LogP) is 3.03. The van der Waals surface area contributed by atoms with Gasteiger partial charge in [-0.3, -0.25) is 20.3 Å². The Labute approximate surface area is 181 Å². The van der Waals surface area contributed by atoms with Crippen LogP contribution in [0.1, 0.15) is 16.8 Å². The Morgan fingerprint density at radius 3 is 2.55 bits per heavy atom. The minimum absolute atomic E-state index is 0.201. The number of nitrogens with one attached hydrogen (secondary N) is 2. The van der Waals surface area contributed by atoms with E-state index in [4.69, 9.17) is 0 Å². The van der Waals surface area contributed by atoms with Crippen molar-refractivity contribution in [1.29, 1.82) is 0 Å². The van der Waals surface area contributed by atoms with Crippen LogP contribution in [0.4, 0.5) is 10.1 Å². The quantitative estimate of drug-likeness (QED) is 0.408. The second-order valence-electron chi connectivity index (χ2n) is 6.62. The molecule has 9 nitrogen and oxygen atoms in total. The first-order valence-electron chi connectivity index (χ1n) is 8.83. The average Bonchev–Trinajstić information content (AvgIpc) is 3.17. The minimum atomic E-state index is -4.24. The first kappa shape index (κ1) is 22.5. The molecular formula is C19H17FN4O5S2. The summed E-state index contributed by atoms with van der Waals surface area (Å²) >= 11 is 1.26. The van der Waals surface area contributed by atoms with Crippen molar-refractivity contribution in [2.45, 2.75) is 25.2 Å². The summed E-state index contributed by atoms with van der Waals surface area (Å²) in [6.07, 6.45) is -0.201. The number of nitro benzene ring substituents is 1. The van der Waals surface area contributed by atoms with E-state index < -0.39 is 20.9 Å². The van der Waals surface area contributed by atoms with Crippen molar-refractivity contribution in [2.24, 2.45) is 0 Å². The van der Waals surface area contributed by atoms with E-state index in [9.17, 15) is 27.7 Å². The van der Waals surface area contributed by atoms with Crippen LogP contribution < -0.4 is 10.3 Å². The average molecular weight is 465 g/mol. The number of non-ortho nitro benzene ring substituents is 1. The number of hydrogen-bond donors (Lipinski definition) is 2. The molecule has 1 amide bonds. The van der Waals surface area contributed by atoms with Crippen molar-refractivity contribution in [1.82, 2.24) is 15.2 Å². The van der Waals surface area contributed by atoms with Crippen molar-refractivity contribution >= 4 is 33.0 Å². The number of nitro groups is 1. The smallest absolute Gasteiger partial charge is 0.271 e. The zero-order valence-electron chi connectivity index (χ0n) is 16.4. The maximum Gasteiger partial charge on any atom is 0.271 e. The molecule has 0 saturated carbocycles. The summed E-state index contributed by atoms with van der Waals surface area (Å²) in [5.74, 6) is -1.04. The van der Waals surface area contributed by atoms with Crippen LogP contribution in [0.2, 0.25) is 0 Å². The normalized spacial score (nSPS) is 11.3. The fourth-order valence-electron chi connectivity index (χ4n) is 2.69. The second-order valence-corrected chi connectivity index (χ2v) is 9.13. The van der Waals surface area contributed by atoms with Crippen molar-refractivity contribution < 1.29 is 22.5 Å². The van der Waals surface area contributed by atoms with E-state index in [0.29, 0.717) is 27.4 Å². The summed E-state index contributed by atoms with van der Waals surface area (Å²) in [6, 6.07) is 7.94. The first-order chi connectivity index (χ1) is 14.6. The molecule has 2 N–H and O–H groups in total.